The number of thioether (sulfide) groups is 1. The lowest BCUT2D eigenvalue weighted by Crippen LogP contribution is -2.28. The molecule has 2 fully saturated rings. The van der Waals surface area contributed by atoms with Crippen molar-refractivity contribution < 1.29 is 14.6 Å². The topological polar surface area (TPSA) is 46.5 Å². The molecular weight excluding hydrogens is 332 g/mol. The summed E-state index contributed by atoms with van der Waals surface area (Å²) in [6, 6.07) is 0. The zero-order chi connectivity index (χ0) is 17.9. The maximum Gasteiger partial charge on any atom is 0.303 e. The maximum absolute atomic E-state index is 10.5. The van der Waals surface area contributed by atoms with E-state index in [0.717, 1.165) is 25.2 Å². The lowest BCUT2D eigenvalue weighted by molar-refractivity contribution is -0.137. The maximum atomic E-state index is 10.5. The van der Waals surface area contributed by atoms with Gasteiger partial charge in [-0.25, -0.2) is 0 Å². The van der Waals surface area contributed by atoms with Crippen LogP contribution in [-0.2, 0) is 9.53 Å². The lowest BCUT2D eigenvalue weighted by Gasteiger charge is -2.27. The number of hydrogen-bond donors (Lipinski definition) is 1. The molecule has 0 radical (unpaired) electrons. The number of carboxylic acid groups (broad SMARTS) is 1. The summed E-state index contributed by atoms with van der Waals surface area (Å²) >= 11 is 2.13. The molecule has 4 unspecified atom stereocenters. The van der Waals surface area contributed by atoms with Crippen LogP contribution in [0, 0.1) is 11.8 Å². The van der Waals surface area contributed by atoms with Crippen LogP contribution in [0.1, 0.15) is 77.6 Å². The van der Waals surface area contributed by atoms with Gasteiger partial charge in [0.05, 0.1) is 12.2 Å². The predicted octanol–water partition coefficient (Wildman–Crippen LogP) is 5.68. The van der Waals surface area contributed by atoms with Gasteiger partial charge in [-0.3, -0.25) is 4.79 Å². The van der Waals surface area contributed by atoms with E-state index in [2.05, 4.69) is 30.8 Å². The van der Waals surface area contributed by atoms with Crippen LogP contribution in [0.15, 0.2) is 12.2 Å². The lowest BCUT2D eigenvalue weighted by atomic mass is 9.78. The summed E-state index contributed by atoms with van der Waals surface area (Å²) in [5, 5.41) is 8.67. The Labute approximate surface area is 158 Å². The number of aliphatic carboxylic acids is 1. The number of allylic oxidation sites excluding steroid dienone is 2. The minimum atomic E-state index is -0.693. The molecule has 2 saturated heterocycles. The van der Waals surface area contributed by atoms with E-state index in [9.17, 15) is 4.79 Å². The molecule has 0 aromatic rings. The highest BCUT2D eigenvalue weighted by atomic mass is 32.2. The average molecular weight is 369 g/mol. The first-order chi connectivity index (χ1) is 12.2. The van der Waals surface area contributed by atoms with Crippen molar-refractivity contribution >= 4 is 17.7 Å². The molecule has 0 spiro atoms. The SMILES string of the molecule is CCCCCCCSCC1C2CCC(O2)C1C/C=C\CCCC(=O)O. The molecule has 2 aliphatic rings. The number of unbranched alkanes of at least 4 members (excludes halogenated alkanes) is 5. The van der Waals surface area contributed by atoms with Crippen molar-refractivity contribution in [1.82, 2.24) is 0 Å². The number of hydrogen-bond acceptors (Lipinski definition) is 3. The highest BCUT2D eigenvalue weighted by molar-refractivity contribution is 7.99. The second-order valence-electron chi connectivity index (χ2n) is 7.60. The number of rotatable bonds is 14. The van der Waals surface area contributed by atoms with Gasteiger partial charge in [0.2, 0.25) is 0 Å². The van der Waals surface area contributed by atoms with Crippen LogP contribution in [0.4, 0.5) is 0 Å². The summed E-state index contributed by atoms with van der Waals surface area (Å²) in [6.07, 6.45) is 17.8. The van der Waals surface area contributed by atoms with E-state index in [-0.39, 0.29) is 6.42 Å². The Morgan fingerprint density at radius 2 is 1.84 bits per heavy atom. The van der Waals surface area contributed by atoms with Crippen molar-refractivity contribution in [2.75, 3.05) is 11.5 Å². The highest BCUT2D eigenvalue weighted by Crippen LogP contribution is 2.46. The Kier molecular flexibility index (Phi) is 10.0. The largest absolute Gasteiger partial charge is 0.481 e. The number of ether oxygens (including phenoxy) is 1. The van der Waals surface area contributed by atoms with Crippen LogP contribution < -0.4 is 0 Å². The molecular formula is C21H36O3S. The van der Waals surface area contributed by atoms with Gasteiger partial charge in [0.15, 0.2) is 0 Å². The molecule has 2 heterocycles. The molecule has 0 aliphatic carbocycles. The van der Waals surface area contributed by atoms with Gasteiger partial charge in [-0.15, -0.1) is 0 Å². The van der Waals surface area contributed by atoms with E-state index in [1.807, 2.05) is 0 Å². The first-order valence-electron chi connectivity index (χ1n) is 10.3. The molecule has 2 aliphatic heterocycles. The van der Waals surface area contributed by atoms with Gasteiger partial charge in [-0.2, -0.15) is 11.8 Å². The summed E-state index contributed by atoms with van der Waals surface area (Å²) in [5.74, 6) is 3.27. The van der Waals surface area contributed by atoms with E-state index >= 15 is 0 Å². The summed E-state index contributed by atoms with van der Waals surface area (Å²) < 4.78 is 6.19. The Morgan fingerprint density at radius 1 is 1.08 bits per heavy atom. The summed E-state index contributed by atoms with van der Waals surface area (Å²) in [6.45, 7) is 2.27. The van der Waals surface area contributed by atoms with E-state index in [1.165, 1.54) is 56.5 Å². The van der Waals surface area contributed by atoms with Gasteiger partial charge < -0.3 is 9.84 Å². The van der Waals surface area contributed by atoms with E-state index in [0.29, 0.717) is 18.1 Å². The average Bonchev–Trinajstić information content (AvgIpc) is 3.19. The molecule has 4 atom stereocenters. The standard InChI is InChI=1S/C21H36O3S/c1-2-3-4-7-10-15-25-16-18-17(19-13-14-20(18)24-19)11-8-5-6-9-12-21(22)23/h5,8,17-20H,2-4,6-7,9-16H2,1H3,(H,22,23)/b8-5-. The van der Waals surface area contributed by atoms with E-state index in [1.54, 1.807) is 0 Å². The minimum absolute atomic E-state index is 0.277. The van der Waals surface area contributed by atoms with Crippen molar-refractivity contribution in [3.8, 4) is 0 Å². The smallest absolute Gasteiger partial charge is 0.303 e. The first kappa shape index (κ1) is 20.8. The number of carboxylic acids is 1. The van der Waals surface area contributed by atoms with Gasteiger partial charge >= 0.3 is 5.97 Å². The number of fused-ring (bicyclic) bond motifs is 2. The van der Waals surface area contributed by atoms with Gasteiger partial charge in [0, 0.05) is 6.42 Å². The van der Waals surface area contributed by atoms with Crippen molar-refractivity contribution in [1.29, 1.82) is 0 Å². The Morgan fingerprint density at radius 3 is 2.60 bits per heavy atom. The molecule has 0 saturated carbocycles. The fraction of sp³-hybridized carbons (Fsp3) is 0.857. The second-order valence-corrected chi connectivity index (χ2v) is 8.75. The third-order valence-electron chi connectivity index (χ3n) is 5.63. The van der Waals surface area contributed by atoms with Crippen molar-refractivity contribution in [2.45, 2.75) is 89.8 Å². The van der Waals surface area contributed by atoms with Crippen molar-refractivity contribution in [2.24, 2.45) is 11.8 Å². The summed E-state index contributed by atoms with van der Waals surface area (Å²) in [7, 11) is 0. The van der Waals surface area contributed by atoms with Crippen LogP contribution in [0.2, 0.25) is 0 Å². The highest BCUT2D eigenvalue weighted by Gasteiger charge is 2.47. The minimum Gasteiger partial charge on any atom is -0.481 e. The molecule has 0 amide bonds. The molecule has 2 rings (SSSR count). The zero-order valence-electron chi connectivity index (χ0n) is 15.8. The molecule has 144 valence electrons. The fourth-order valence-corrected chi connectivity index (χ4v) is 5.51. The Bertz CT molecular complexity index is 410. The third-order valence-corrected chi connectivity index (χ3v) is 6.83. The molecule has 3 nitrogen and oxygen atoms in total. The Balaban J connectivity index is 1.63. The van der Waals surface area contributed by atoms with Crippen LogP contribution in [0.5, 0.6) is 0 Å². The van der Waals surface area contributed by atoms with Crippen molar-refractivity contribution in [3.05, 3.63) is 12.2 Å². The molecule has 1 N–H and O–H groups in total. The quantitative estimate of drug-likeness (QED) is 0.316. The monoisotopic (exact) mass is 368 g/mol. The summed E-state index contributed by atoms with van der Waals surface area (Å²) in [5.41, 5.74) is 0. The fourth-order valence-electron chi connectivity index (χ4n) is 4.20. The van der Waals surface area contributed by atoms with Crippen LogP contribution >= 0.6 is 11.8 Å². The molecule has 0 aromatic carbocycles. The van der Waals surface area contributed by atoms with Crippen LogP contribution in [0.3, 0.4) is 0 Å². The summed E-state index contributed by atoms with van der Waals surface area (Å²) in [4.78, 5) is 10.5. The number of carbonyl (C=O) groups is 1. The van der Waals surface area contributed by atoms with E-state index in [4.69, 9.17) is 9.84 Å². The van der Waals surface area contributed by atoms with E-state index < -0.39 is 5.97 Å². The molecule has 25 heavy (non-hydrogen) atoms. The molecule has 0 aromatic heterocycles. The van der Waals surface area contributed by atoms with Crippen LogP contribution in [-0.4, -0.2) is 34.8 Å². The zero-order valence-corrected chi connectivity index (χ0v) is 16.6. The van der Waals surface area contributed by atoms with Gasteiger partial charge in [-0.1, -0.05) is 44.8 Å². The molecule has 4 heteroatoms. The normalized spacial score (nSPS) is 28.2. The van der Waals surface area contributed by atoms with Crippen LogP contribution in [0.25, 0.3) is 0 Å². The Hall–Kier alpha value is -0.480. The molecule has 2 bridgehead atoms. The first-order valence-corrected chi connectivity index (χ1v) is 11.5. The van der Waals surface area contributed by atoms with Crippen molar-refractivity contribution in [3.63, 3.8) is 0 Å². The van der Waals surface area contributed by atoms with Gasteiger partial charge in [0.25, 0.3) is 0 Å². The van der Waals surface area contributed by atoms with Gasteiger partial charge in [-0.05, 0) is 61.9 Å². The second kappa shape index (κ2) is 12.0. The van der Waals surface area contributed by atoms with Gasteiger partial charge in [0.1, 0.15) is 0 Å². The third kappa shape index (κ3) is 7.34. The predicted molar refractivity (Wildman–Crippen MR) is 106 cm³/mol.